The van der Waals surface area contributed by atoms with Gasteiger partial charge in [0, 0.05) is 97.4 Å². The summed E-state index contributed by atoms with van der Waals surface area (Å²) in [6.07, 6.45) is 8.30. The number of hydrogen-bond donors (Lipinski definition) is 4. The van der Waals surface area contributed by atoms with Gasteiger partial charge < -0.3 is 30.0 Å². The van der Waals surface area contributed by atoms with Gasteiger partial charge in [-0.1, -0.05) is 12.1 Å². The Morgan fingerprint density at radius 2 is 1.13 bits per heavy atom. The predicted molar refractivity (Wildman–Crippen MR) is 241 cm³/mol. The maximum Gasteiger partial charge on any atom is 0.335 e. The van der Waals surface area contributed by atoms with Crippen LogP contribution in [0.1, 0.15) is 74.3 Å². The zero-order valence-electron chi connectivity index (χ0n) is 34.9. The van der Waals surface area contributed by atoms with Crippen molar-refractivity contribution in [3.05, 3.63) is 130 Å². The lowest BCUT2D eigenvalue weighted by Crippen LogP contribution is -2.46. The molecule has 0 aliphatic carbocycles. The number of unbranched alkanes of at least 4 members (excludes halogenated alkanes) is 2. The standard InChI is InChI=1S/C25H28N4O2.C24H26N4O2/c1-18-22(23-16-20(25(30)31)8-9-24(23)27-18)7-2-3-10-28-11-13-29(14-12-28)21-6-4-5-19(15-21)17-26;25-16-18-4-3-6-21(14-18)28-12-10-27(11-13-28)9-2-1-5-20-17-26-23-8-7-19(24(29)30)15-22(20)23/h4-6,8-9,15-16,27H,2-3,7,10-14H2,1H3,(H,30,31);3-4,6-8,14-15,17,26H,1-2,5,9-13H2,(H,29,30). The Morgan fingerprint density at radius 3 is 1.66 bits per heavy atom. The summed E-state index contributed by atoms with van der Waals surface area (Å²) in [5.74, 6) is -1.77. The molecule has 6 aromatic rings. The molecular formula is C49H54N8O4. The van der Waals surface area contributed by atoms with Crippen LogP contribution in [0, 0.1) is 29.6 Å². The molecule has 2 aromatic heterocycles. The van der Waals surface area contributed by atoms with Gasteiger partial charge in [-0.15, -0.1) is 0 Å². The Morgan fingerprint density at radius 1 is 0.623 bits per heavy atom. The molecule has 0 atom stereocenters. The summed E-state index contributed by atoms with van der Waals surface area (Å²) in [4.78, 5) is 38.9. The fourth-order valence-electron chi connectivity index (χ4n) is 8.65. The second-order valence-corrected chi connectivity index (χ2v) is 16.1. The van der Waals surface area contributed by atoms with Crippen LogP contribution >= 0.6 is 0 Å². The van der Waals surface area contributed by atoms with Crippen molar-refractivity contribution in [2.24, 2.45) is 0 Å². The lowest BCUT2D eigenvalue weighted by atomic mass is 10.0. The third-order valence-electron chi connectivity index (χ3n) is 12.1. The number of H-pyrrole nitrogens is 2. The average Bonchev–Trinajstić information content (AvgIpc) is 3.85. The highest BCUT2D eigenvalue weighted by molar-refractivity contribution is 5.95. The fourth-order valence-corrected chi connectivity index (χ4v) is 8.65. The second-order valence-electron chi connectivity index (χ2n) is 16.1. The minimum absolute atomic E-state index is 0.335. The van der Waals surface area contributed by atoms with E-state index >= 15 is 0 Å². The molecule has 4 N–H and O–H groups in total. The van der Waals surface area contributed by atoms with Gasteiger partial charge in [0.1, 0.15) is 0 Å². The van der Waals surface area contributed by atoms with E-state index in [4.69, 9.17) is 10.5 Å². The van der Waals surface area contributed by atoms with Crippen LogP contribution in [0.4, 0.5) is 11.4 Å². The Hall–Kier alpha value is -6.60. The lowest BCUT2D eigenvalue weighted by Gasteiger charge is -2.36. The van der Waals surface area contributed by atoms with E-state index in [9.17, 15) is 19.8 Å². The van der Waals surface area contributed by atoms with E-state index in [0.29, 0.717) is 22.3 Å². The molecule has 12 heteroatoms. The molecule has 2 saturated heterocycles. The number of nitriles is 2. The minimum atomic E-state index is -0.887. The molecule has 314 valence electrons. The topological polar surface area (TPSA) is 167 Å². The zero-order valence-corrected chi connectivity index (χ0v) is 34.9. The van der Waals surface area contributed by atoms with Crippen molar-refractivity contribution in [2.45, 2.75) is 45.4 Å². The maximum absolute atomic E-state index is 11.3. The van der Waals surface area contributed by atoms with E-state index in [1.807, 2.05) is 54.7 Å². The molecule has 0 saturated carbocycles. The van der Waals surface area contributed by atoms with Crippen LogP contribution in [-0.4, -0.2) is 107 Å². The largest absolute Gasteiger partial charge is 0.478 e. The molecule has 12 nitrogen and oxygen atoms in total. The van der Waals surface area contributed by atoms with Gasteiger partial charge in [-0.05, 0) is 142 Å². The summed E-state index contributed by atoms with van der Waals surface area (Å²) in [6.45, 7) is 12.3. The van der Waals surface area contributed by atoms with Crippen LogP contribution in [0.15, 0.2) is 91.1 Å². The number of aromatic carboxylic acids is 2. The quantitative estimate of drug-likeness (QED) is 0.0790. The molecule has 0 unspecified atom stereocenters. The van der Waals surface area contributed by atoms with Gasteiger partial charge in [0.2, 0.25) is 0 Å². The highest BCUT2D eigenvalue weighted by Crippen LogP contribution is 2.26. The Labute approximate surface area is 357 Å². The smallest absolute Gasteiger partial charge is 0.335 e. The number of nitrogens with one attached hydrogen (secondary N) is 2. The van der Waals surface area contributed by atoms with Crippen molar-refractivity contribution < 1.29 is 19.8 Å². The van der Waals surface area contributed by atoms with Crippen LogP contribution in [-0.2, 0) is 12.8 Å². The molecule has 2 aliphatic rings. The number of fused-ring (bicyclic) bond motifs is 2. The molecule has 4 heterocycles. The van der Waals surface area contributed by atoms with E-state index in [0.717, 1.165) is 143 Å². The first kappa shape index (κ1) is 42.5. The van der Waals surface area contributed by atoms with E-state index in [2.05, 4.69) is 60.8 Å². The van der Waals surface area contributed by atoms with Crippen molar-refractivity contribution in [2.75, 3.05) is 75.2 Å². The number of aromatic amines is 2. The van der Waals surface area contributed by atoms with Crippen molar-refractivity contribution in [3.63, 3.8) is 0 Å². The molecule has 0 amide bonds. The average molecular weight is 819 g/mol. The number of carbonyl (C=O) groups is 2. The molecule has 0 radical (unpaired) electrons. The Kier molecular flexibility index (Phi) is 14.0. The van der Waals surface area contributed by atoms with E-state index in [1.165, 1.54) is 11.1 Å². The summed E-state index contributed by atoms with van der Waals surface area (Å²) >= 11 is 0. The highest BCUT2D eigenvalue weighted by atomic mass is 16.4. The molecule has 4 aromatic carbocycles. The summed E-state index contributed by atoms with van der Waals surface area (Å²) < 4.78 is 0. The van der Waals surface area contributed by atoms with Gasteiger partial charge in [-0.3, -0.25) is 9.80 Å². The SMILES string of the molecule is Cc1[nH]c2ccc(C(=O)O)cc2c1CCCCN1CCN(c2cccc(C#N)c2)CC1.N#Cc1cccc(N2CCN(CCCCc3c[nH]c4ccc(C(=O)O)cc34)CC2)c1. The number of nitrogens with zero attached hydrogens (tertiary/aromatic N) is 6. The van der Waals surface area contributed by atoms with Gasteiger partial charge in [0.15, 0.2) is 0 Å². The number of rotatable bonds is 14. The van der Waals surface area contributed by atoms with E-state index in [1.54, 1.807) is 24.3 Å². The number of anilines is 2. The van der Waals surface area contributed by atoms with Gasteiger partial charge in [-0.25, -0.2) is 9.59 Å². The Balaban J connectivity index is 0.000000184. The first-order valence-corrected chi connectivity index (χ1v) is 21.3. The van der Waals surface area contributed by atoms with Crippen molar-refractivity contribution in [3.8, 4) is 12.1 Å². The summed E-state index contributed by atoms with van der Waals surface area (Å²) in [5, 5.41) is 38.7. The van der Waals surface area contributed by atoms with E-state index < -0.39 is 11.9 Å². The van der Waals surface area contributed by atoms with Crippen LogP contribution in [0.25, 0.3) is 21.8 Å². The van der Waals surface area contributed by atoms with Gasteiger partial charge in [-0.2, -0.15) is 10.5 Å². The van der Waals surface area contributed by atoms with Crippen LogP contribution < -0.4 is 9.80 Å². The normalized spacial score (nSPS) is 14.7. The van der Waals surface area contributed by atoms with E-state index in [-0.39, 0.29) is 0 Å². The van der Waals surface area contributed by atoms with Gasteiger partial charge >= 0.3 is 11.9 Å². The van der Waals surface area contributed by atoms with Crippen LogP contribution in [0.5, 0.6) is 0 Å². The molecule has 2 fully saturated rings. The molecule has 2 aliphatic heterocycles. The zero-order chi connectivity index (χ0) is 42.7. The number of carboxylic acid groups (broad SMARTS) is 2. The van der Waals surface area contributed by atoms with Crippen molar-refractivity contribution in [1.29, 1.82) is 10.5 Å². The Bertz CT molecular complexity index is 2550. The number of aryl methyl sites for hydroxylation is 3. The van der Waals surface area contributed by atoms with Crippen molar-refractivity contribution in [1.82, 2.24) is 19.8 Å². The first-order chi connectivity index (χ1) is 29.7. The fraction of sp³-hybridized carbons (Fsp3) is 0.347. The lowest BCUT2D eigenvalue weighted by molar-refractivity contribution is 0.0686. The highest BCUT2D eigenvalue weighted by Gasteiger charge is 2.19. The summed E-state index contributed by atoms with van der Waals surface area (Å²) in [7, 11) is 0. The number of hydrogen-bond acceptors (Lipinski definition) is 8. The number of aromatic nitrogens is 2. The molecule has 8 rings (SSSR count). The van der Waals surface area contributed by atoms with Gasteiger partial charge in [0.25, 0.3) is 0 Å². The number of piperazine rings is 2. The predicted octanol–water partition coefficient (Wildman–Crippen LogP) is 8.07. The maximum atomic E-state index is 11.3. The summed E-state index contributed by atoms with van der Waals surface area (Å²) in [5.41, 5.74) is 9.92. The second kappa shape index (κ2) is 20.1. The first-order valence-electron chi connectivity index (χ1n) is 21.3. The third kappa shape index (κ3) is 10.8. The molecule has 0 bridgehead atoms. The van der Waals surface area contributed by atoms with Crippen LogP contribution in [0.2, 0.25) is 0 Å². The summed E-state index contributed by atoms with van der Waals surface area (Å²) in [6, 6.07) is 30.7. The minimum Gasteiger partial charge on any atom is -0.478 e. The van der Waals surface area contributed by atoms with Crippen LogP contribution in [0.3, 0.4) is 0 Å². The monoisotopic (exact) mass is 818 g/mol. The molecule has 0 spiro atoms. The number of carboxylic acids is 2. The molecular weight excluding hydrogens is 765 g/mol. The number of benzene rings is 4. The molecule has 61 heavy (non-hydrogen) atoms. The van der Waals surface area contributed by atoms with Crippen molar-refractivity contribution >= 4 is 45.1 Å². The van der Waals surface area contributed by atoms with Gasteiger partial charge in [0.05, 0.1) is 34.4 Å². The third-order valence-corrected chi connectivity index (χ3v) is 12.1.